The number of hydrogen-bond acceptors (Lipinski definition) is 10. The highest BCUT2D eigenvalue weighted by Gasteiger charge is 2.47. The van der Waals surface area contributed by atoms with Gasteiger partial charge in [0.25, 0.3) is 11.8 Å². The van der Waals surface area contributed by atoms with Crippen molar-refractivity contribution >= 4 is 41.0 Å². The first-order chi connectivity index (χ1) is 29.1. The maximum absolute atomic E-state index is 14.0. The molecular formula is C42H53N11O8. The quantitative estimate of drug-likeness (QED) is 0.138. The molecule has 3 aliphatic rings. The number of rotatable bonds is 14. The SMILES string of the molecule is CCn1nc(C)cc1C(=O)N=C1N(C)C2=CC(C=O)=CCC2N1C[C@H]1OC(C)(C)OC1Cn1c(=NC(=O)c2cc(C)nn2CC)n(C)c2cc(C(N)=O)cc(OCCCO)c21. The number of amides is 3. The summed E-state index contributed by atoms with van der Waals surface area (Å²) in [5.74, 6) is -2.10. The number of nitrogens with zero attached hydrogens (tertiary/aromatic N) is 10. The van der Waals surface area contributed by atoms with E-state index in [2.05, 4.69) is 20.2 Å². The highest BCUT2D eigenvalue weighted by molar-refractivity contribution is 6.03. The Kier molecular flexibility index (Phi) is 12.0. The third-order valence-electron chi connectivity index (χ3n) is 11.0. The first-order valence-corrected chi connectivity index (χ1v) is 20.4. The summed E-state index contributed by atoms with van der Waals surface area (Å²) < 4.78 is 26.2. The zero-order valence-electron chi connectivity index (χ0n) is 35.8. The second kappa shape index (κ2) is 17.1. The topological polar surface area (TPSA) is 219 Å². The third-order valence-corrected chi connectivity index (χ3v) is 11.0. The van der Waals surface area contributed by atoms with Gasteiger partial charge in [0, 0.05) is 57.0 Å². The number of primary amides is 1. The van der Waals surface area contributed by atoms with Gasteiger partial charge >= 0.3 is 0 Å². The van der Waals surface area contributed by atoms with Gasteiger partial charge in [-0.15, -0.1) is 0 Å². The van der Waals surface area contributed by atoms with Crippen LogP contribution in [0.3, 0.4) is 0 Å². The lowest BCUT2D eigenvalue weighted by atomic mass is 9.99. The van der Waals surface area contributed by atoms with E-state index in [0.717, 1.165) is 12.0 Å². The Morgan fingerprint density at radius 1 is 0.967 bits per heavy atom. The van der Waals surface area contributed by atoms with Crippen molar-refractivity contribution in [2.45, 2.75) is 98.1 Å². The van der Waals surface area contributed by atoms with E-state index in [0.29, 0.717) is 77.0 Å². The van der Waals surface area contributed by atoms with Crippen LogP contribution < -0.4 is 16.1 Å². The Hall–Kier alpha value is -6.18. The van der Waals surface area contributed by atoms with Crippen LogP contribution in [-0.4, -0.2) is 124 Å². The predicted octanol–water partition coefficient (Wildman–Crippen LogP) is 2.38. The minimum absolute atomic E-state index is 0.0858. The number of carbonyl (C=O) groups is 4. The van der Waals surface area contributed by atoms with Gasteiger partial charge in [-0.1, -0.05) is 6.08 Å². The van der Waals surface area contributed by atoms with E-state index in [1.807, 2.05) is 62.1 Å². The van der Waals surface area contributed by atoms with E-state index in [-0.39, 0.29) is 43.5 Å². The van der Waals surface area contributed by atoms with E-state index < -0.39 is 35.7 Å². The minimum atomic E-state index is -1.07. The van der Waals surface area contributed by atoms with Crippen molar-refractivity contribution in [1.82, 2.24) is 38.5 Å². The van der Waals surface area contributed by atoms with Crippen molar-refractivity contribution in [2.24, 2.45) is 22.8 Å². The molecule has 0 spiro atoms. The molecule has 4 aromatic rings. The number of benzene rings is 1. The molecule has 3 aromatic heterocycles. The Bertz CT molecular complexity index is 2570. The molecule has 1 aliphatic carbocycles. The predicted molar refractivity (Wildman–Crippen MR) is 222 cm³/mol. The standard InChI is InChI=1S/C42H53N11O8/c1-9-52-31(16-24(3)46-52)38(57)44-40-48(7)29-18-26(23-55)12-13-28(29)50(40)21-34-35(61-42(5,6)60-34)22-51-36-30(19-27(37(43)56)20-33(36)59-15-11-14-54)49(8)41(51)45-39(58)32-17-25(4)47-53(32)10-2/h12,16-20,23,28,34-35,54H,9-11,13-15,21-22H2,1-8H3,(H2,43,56)/t28?,34-,35?/m1/s1. The van der Waals surface area contributed by atoms with Gasteiger partial charge in [0.05, 0.1) is 42.6 Å². The van der Waals surface area contributed by atoms with Crippen LogP contribution in [0.2, 0.25) is 0 Å². The highest BCUT2D eigenvalue weighted by Crippen LogP contribution is 2.37. The van der Waals surface area contributed by atoms with Crippen molar-refractivity contribution in [3.8, 4) is 5.75 Å². The molecule has 0 saturated carbocycles. The summed E-state index contributed by atoms with van der Waals surface area (Å²) in [5.41, 5.74) is 10.5. The van der Waals surface area contributed by atoms with Crippen molar-refractivity contribution in [1.29, 1.82) is 0 Å². The highest BCUT2D eigenvalue weighted by atomic mass is 16.8. The lowest BCUT2D eigenvalue weighted by Gasteiger charge is -2.30. The fourth-order valence-corrected chi connectivity index (χ4v) is 8.30. The molecule has 7 rings (SSSR count). The van der Waals surface area contributed by atoms with Gasteiger partial charge in [0.1, 0.15) is 41.1 Å². The number of ether oxygens (including phenoxy) is 3. The number of likely N-dealkylation sites (N-methyl/N-ethyl adjacent to an activating group) is 1. The largest absolute Gasteiger partial charge is 0.491 e. The molecule has 2 fully saturated rings. The number of aliphatic hydroxyl groups excluding tert-OH is 1. The first-order valence-electron chi connectivity index (χ1n) is 20.4. The zero-order valence-corrected chi connectivity index (χ0v) is 35.8. The number of aliphatic imine (C=N–C) groups is 1. The number of allylic oxidation sites excluding steroid dienone is 2. The third kappa shape index (κ3) is 8.32. The van der Waals surface area contributed by atoms with Crippen LogP contribution in [0, 0.1) is 13.8 Å². The summed E-state index contributed by atoms with van der Waals surface area (Å²) in [5, 5.41) is 18.5. The lowest BCUT2D eigenvalue weighted by Crippen LogP contribution is -2.45. The maximum atomic E-state index is 14.0. The Morgan fingerprint density at radius 3 is 2.18 bits per heavy atom. The molecule has 1 aromatic carbocycles. The van der Waals surface area contributed by atoms with E-state index in [4.69, 9.17) is 19.9 Å². The molecule has 0 radical (unpaired) electrons. The van der Waals surface area contributed by atoms with Crippen LogP contribution in [0.4, 0.5) is 0 Å². The molecule has 19 heteroatoms. The summed E-state index contributed by atoms with van der Waals surface area (Å²) in [4.78, 5) is 65.6. The zero-order chi connectivity index (χ0) is 43.9. The summed E-state index contributed by atoms with van der Waals surface area (Å²) >= 11 is 0. The number of hydrogen-bond donors (Lipinski definition) is 2. The summed E-state index contributed by atoms with van der Waals surface area (Å²) in [7, 11) is 3.54. The molecule has 3 N–H and O–H groups in total. The van der Waals surface area contributed by atoms with Crippen LogP contribution in [0.25, 0.3) is 11.0 Å². The van der Waals surface area contributed by atoms with Gasteiger partial charge in [-0.05, 0) is 78.3 Å². The fraction of sp³-hybridized carbons (Fsp3) is 0.476. The molecule has 3 atom stereocenters. The van der Waals surface area contributed by atoms with Gasteiger partial charge in [-0.25, -0.2) is 0 Å². The number of carbonyl (C=O) groups excluding carboxylic acids is 4. The number of aromatic nitrogens is 6. The van der Waals surface area contributed by atoms with Crippen LogP contribution >= 0.6 is 0 Å². The molecule has 0 bridgehead atoms. The van der Waals surface area contributed by atoms with Gasteiger partial charge in [-0.2, -0.15) is 20.2 Å². The number of aliphatic hydroxyl groups is 1. The van der Waals surface area contributed by atoms with E-state index >= 15 is 0 Å². The number of fused-ring (bicyclic) bond motifs is 2. The normalized spacial score (nSPS) is 20.7. The monoisotopic (exact) mass is 839 g/mol. The molecule has 19 nitrogen and oxygen atoms in total. The number of imidazole rings is 1. The molecular weight excluding hydrogens is 787 g/mol. The average Bonchev–Trinajstić information content (AvgIpc) is 4.00. The van der Waals surface area contributed by atoms with Crippen LogP contribution in [0.1, 0.15) is 83.3 Å². The van der Waals surface area contributed by atoms with E-state index in [1.165, 1.54) is 6.07 Å². The van der Waals surface area contributed by atoms with Gasteiger partial charge in [-0.3, -0.25) is 28.5 Å². The number of aryl methyl sites for hydroxylation is 5. The van der Waals surface area contributed by atoms with Crippen molar-refractivity contribution in [2.75, 3.05) is 26.8 Å². The Labute approximate surface area is 352 Å². The molecule has 2 saturated heterocycles. The number of nitrogens with two attached hydrogens (primary N) is 1. The second-order valence-electron chi connectivity index (χ2n) is 15.8. The van der Waals surface area contributed by atoms with Gasteiger partial charge in [0.2, 0.25) is 17.5 Å². The average molecular weight is 840 g/mol. The Balaban J connectivity index is 1.35. The van der Waals surface area contributed by atoms with Crippen LogP contribution in [0.15, 0.2) is 57.7 Å². The van der Waals surface area contributed by atoms with Gasteiger partial charge in [0.15, 0.2) is 5.79 Å². The number of guanidine groups is 1. The second-order valence-corrected chi connectivity index (χ2v) is 15.8. The van der Waals surface area contributed by atoms with E-state index in [1.54, 1.807) is 52.2 Å². The van der Waals surface area contributed by atoms with Crippen molar-refractivity contribution < 1.29 is 38.5 Å². The molecule has 324 valence electrons. The molecule has 2 aliphatic heterocycles. The van der Waals surface area contributed by atoms with Gasteiger partial charge < -0.3 is 44.0 Å². The Morgan fingerprint density at radius 2 is 1.59 bits per heavy atom. The van der Waals surface area contributed by atoms with Crippen LogP contribution in [-0.2, 0) is 41.0 Å². The summed E-state index contributed by atoms with van der Waals surface area (Å²) in [6.45, 7) is 12.3. The smallest absolute Gasteiger partial charge is 0.298 e. The molecule has 5 heterocycles. The van der Waals surface area contributed by atoms with Crippen LogP contribution in [0.5, 0.6) is 5.75 Å². The summed E-state index contributed by atoms with van der Waals surface area (Å²) in [6.07, 6.45) is 3.91. The summed E-state index contributed by atoms with van der Waals surface area (Å²) in [6, 6.07) is 6.26. The first kappa shape index (κ1) is 42.9. The maximum Gasteiger partial charge on any atom is 0.298 e. The molecule has 3 amide bonds. The fourth-order valence-electron chi connectivity index (χ4n) is 8.30. The van der Waals surface area contributed by atoms with E-state index in [9.17, 15) is 24.3 Å². The molecule has 61 heavy (non-hydrogen) atoms. The lowest BCUT2D eigenvalue weighted by molar-refractivity contribution is -0.148. The van der Waals surface area contributed by atoms with Crippen molar-refractivity contribution in [3.63, 3.8) is 0 Å². The van der Waals surface area contributed by atoms with Crippen molar-refractivity contribution in [3.05, 3.63) is 81.6 Å². The minimum Gasteiger partial charge on any atom is -0.491 e. The molecule has 2 unspecified atom stereocenters. The number of aldehydes is 1.